The summed E-state index contributed by atoms with van der Waals surface area (Å²) in [5.74, 6) is 4.49. The van der Waals surface area contributed by atoms with Crippen molar-refractivity contribution in [2.75, 3.05) is 6.61 Å². The van der Waals surface area contributed by atoms with Crippen LogP contribution in [-0.4, -0.2) is 64.7 Å². The summed E-state index contributed by atoms with van der Waals surface area (Å²) in [5.41, 5.74) is 2.03. The fraction of sp³-hybridized carbons (Fsp3) is 0.759. The van der Waals surface area contributed by atoms with Gasteiger partial charge >= 0.3 is 5.97 Å². The zero-order valence-corrected chi connectivity index (χ0v) is 39.3. The monoisotopic (exact) mass is 847 g/mol. The van der Waals surface area contributed by atoms with Crippen LogP contribution in [0, 0.1) is 52.3 Å². The third-order valence-electron chi connectivity index (χ3n) is 16.2. The lowest BCUT2D eigenvalue weighted by molar-refractivity contribution is -0.313. The highest BCUT2D eigenvalue weighted by atomic mass is 16.7. The van der Waals surface area contributed by atoms with Gasteiger partial charge in [0.15, 0.2) is 6.29 Å². The molecule has 61 heavy (non-hydrogen) atoms. The molecule has 0 amide bonds. The van der Waals surface area contributed by atoms with E-state index in [9.17, 15) is 20.1 Å². The van der Waals surface area contributed by atoms with Crippen molar-refractivity contribution in [1.82, 2.24) is 0 Å². The molecule has 0 bridgehead atoms. The van der Waals surface area contributed by atoms with Crippen LogP contribution in [0.2, 0.25) is 0 Å². The van der Waals surface area contributed by atoms with Gasteiger partial charge in [-0.25, -0.2) is 0 Å². The van der Waals surface area contributed by atoms with Crippen LogP contribution in [0.4, 0.5) is 0 Å². The van der Waals surface area contributed by atoms with Crippen LogP contribution < -0.4 is 0 Å². The highest BCUT2D eigenvalue weighted by molar-refractivity contribution is 5.69. The third kappa shape index (κ3) is 13.1. The van der Waals surface area contributed by atoms with Crippen LogP contribution in [-0.2, 0) is 19.0 Å². The average Bonchev–Trinajstić information content (AvgIpc) is 3.60. The zero-order chi connectivity index (χ0) is 44.0. The average molecular weight is 847 g/mol. The lowest BCUT2D eigenvalue weighted by atomic mass is 9.47. The maximum atomic E-state index is 12.6. The van der Waals surface area contributed by atoms with E-state index in [1.165, 1.54) is 31.3 Å². The fourth-order valence-electron chi connectivity index (χ4n) is 11.9. The second-order valence-corrected chi connectivity index (χ2v) is 20.5. The molecule has 4 aliphatic carbocycles. The first-order valence-corrected chi connectivity index (χ1v) is 24.8. The molecule has 4 fully saturated rings. The molecule has 1 heterocycles. The van der Waals surface area contributed by atoms with Crippen molar-refractivity contribution in [2.45, 2.75) is 201 Å². The molecule has 1 aliphatic heterocycles. The molecular weight excluding hydrogens is 761 g/mol. The van der Waals surface area contributed by atoms with Crippen molar-refractivity contribution in [3.05, 3.63) is 72.4 Å². The number of hydrogen-bond acceptors (Lipinski definition) is 7. The molecule has 14 atom stereocenters. The number of rotatable bonds is 22. The van der Waals surface area contributed by atoms with E-state index in [0.29, 0.717) is 35.5 Å². The van der Waals surface area contributed by atoms with E-state index in [1.54, 1.807) is 0 Å². The Bertz CT molecular complexity index is 1520. The van der Waals surface area contributed by atoms with E-state index >= 15 is 0 Å². The molecular formula is C54H86O7. The SMILES string of the molecule is CC/C=C\C/C=C\C/C=C\C/C=C\CCCCCCC(=O)OCC1OC(OC2CCC3(C)C(=CCC4C3CCC3(C)C(C(C)/C=C/C(C)C(C)C)CCC43)C2)C(O)C(O)C1O. The molecule has 5 rings (SSSR count). The smallest absolute Gasteiger partial charge is 0.305 e. The molecule has 1 saturated heterocycles. The Morgan fingerprint density at radius 1 is 0.803 bits per heavy atom. The Kier molecular flexibility index (Phi) is 19.7. The van der Waals surface area contributed by atoms with Crippen molar-refractivity contribution in [1.29, 1.82) is 0 Å². The van der Waals surface area contributed by atoms with Gasteiger partial charge in [-0.2, -0.15) is 0 Å². The summed E-state index contributed by atoms with van der Waals surface area (Å²) in [7, 11) is 0. The molecule has 0 aromatic carbocycles. The van der Waals surface area contributed by atoms with Gasteiger partial charge in [0.25, 0.3) is 0 Å². The first-order valence-electron chi connectivity index (χ1n) is 24.8. The van der Waals surface area contributed by atoms with Crippen LogP contribution in [0.25, 0.3) is 0 Å². The summed E-state index contributed by atoms with van der Waals surface area (Å²) in [6.07, 6.45) is 37.0. The Balaban J connectivity index is 1.01. The second kappa shape index (κ2) is 24.1. The van der Waals surface area contributed by atoms with Gasteiger partial charge in [0, 0.05) is 6.42 Å². The number of carbonyl (C=O) groups is 1. The number of aliphatic hydroxyl groups excluding tert-OH is 3. The predicted octanol–water partition coefficient (Wildman–Crippen LogP) is 11.9. The van der Waals surface area contributed by atoms with Crippen molar-refractivity contribution in [3.63, 3.8) is 0 Å². The number of hydrogen-bond donors (Lipinski definition) is 3. The van der Waals surface area contributed by atoms with E-state index in [2.05, 4.69) is 115 Å². The lowest BCUT2D eigenvalue weighted by Crippen LogP contribution is -2.60. The molecule has 0 aromatic rings. The molecule has 0 spiro atoms. The van der Waals surface area contributed by atoms with Crippen molar-refractivity contribution >= 4 is 5.97 Å². The zero-order valence-electron chi connectivity index (χ0n) is 39.3. The van der Waals surface area contributed by atoms with Crippen LogP contribution in [0.3, 0.4) is 0 Å². The molecule has 14 unspecified atom stereocenters. The first kappa shape index (κ1) is 49.7. The Hall–Kier alpha value is -2.29. The van der Waals surface area contributed by atoms with Crippen molar-refractivity contribution in [3.8, 4) is 0 Å². The Labute approximate surface area is 371 Å². The number of unbranched alkanes of at least 4 members (excludes halogenated alkanes) is 4. The molecule has 344 valence electrons. The fourth-order valence-corrected chi connectivity index (χ4v) is 11.9. The number of carbonyl (C=O) groups excluding carboxylic acids is 1. The van der Waals surface area contributed by atoms with Gasteiger partial charge < -0.3 is 29.5 Å². The number of ether oxygens (including phenoxy) is 3. The molecule has 3 N–H and O–H groups in total. The maximum absolute atomic E-state index is 12.6. The first-order chi connectivity index (χ1) is 29.3. The summed E-state index contributed by atoms with van der Waals surface area (Å²) in [6, 6.07) is 0. The third-order valence-corrected chi connectivity index (χ3v) is 16.2. The number of esters is 1. The maximum Gasteiger partial charge on any atom is 0.305 e. The van der Waals surface area contributed by atoms with Crippen molar-refractivity contribution < 1.29 is 34.3 Å². The normalized spacial score (nSPS) is 36.5. The molecule has 7 heteroatoms. The van der Waals surface area contributed by atoms with Gasteiger partial charge in [-0.1, -0.05) is 134 Å². The number of fused-ring (bicyclic) bond motifs is 5. The van der Waals surface area contributed by atoms with E-state index in [1.807, 2.05) is 0 Å². The second-order valence-electron chi connectivity index (χ2n) is 20.5. The number of aliphatic hydroxyl groups is 3. The number of allylic oxidation sites excluding steroid dienone is 11. The minimum Gasteiger partial charge on any atom is -0.463 e. The molecule has 3 saturated carbocycles. The van der Waals surface area contributed by atoms with Crippen LogP contribution >= 0.6 is 0 Å². The van der Waals surface area contributed by atoms with Crippen LogP contribution in [0.5, 0.6) is 0 Å². The minimum absolute atomic E-state index is 0.150. The standard InChI is InChI=1S/C54H86O7/c1-8-9-10-11-12-13-14-15-16-17-18-19-20-21-22-23-24-25-48(55)59-37-47-49(56)50(57)51(58)52(61-47)60-42-32-34-53(6)41(36-42)28-29-43-45-31-30-44(54(45,7)35-33-46(43)53)40(5)27-26-39(4)38(2)3/h9-10,12-13,15-16,18-19,26-28,38-40,42-47,49-52,56-58H,8,11,14,17,20-25,29-37H2,1-7H3/b10-9-,13-12-,16-15-,19-18-,27-26+. The highest BCUT2D eigenvalue weighted by Gasteiger charge is 2.59. The quantitative estimate of drug-likeness (QED) is 0.0566. The minimum atomic E-state index is -1.46. The summed E-state index contributed by atoms with van der Waals surface area (Å²) in [6.45, 7) is 16.5. The van der Waals surface area contributed by atoms with E-state index in [4.69, 9.17) is 14.2 Å². The summed E-state index contributed by atoms with van der Waals surface area (Å²) < 4.78 is 18.0. The van der Waals surface area contributed by atoms with Crippen LogP contribution in [0.1, 0.15) is 164 Å². The molecule has 7 nitrogen and oxygen atoms in total. The Morgan fingerprint density at radius 2 is 1.49 bits per heavy atom. The van der Waals surface area contributed by atoms with Gasteiger partial charge in [-0.15, -0.1) is 0 Å². The lowest BCUT2D eigenvalue weighted by Gasteiger charge is -2.58. The van der Waals surface area contributed by atoms with E-state index in [0.717, 1.165) is 101 Å². The van der Waals surface area contributed by atoms with Crippen molar-refractivity contribution in [2.24, 2.45) is 52.3 Å². The van der Waals surface area contributed by atoms with Gasteiger partial charge in [0.1, 0.15) is 31.0 Å². The molecule has 0 radical (unpaired) electrons. The van der Waals surface area contributed by atoms with Gasteiger partial charge in [-0.05, 0) is 149 Å². The largest absolute Gasteiger partial charge is 0.463 e. The van der Waals surface area contributed by atoms with E-state index < -0.39 is 30.7 Å². The van der Waals surface area contributed by atoms with Gasteiger partial charge in [0.2, 0.25) is 0 Å². The predicted molar refractivity (Wildman–Crippen MR) is 248 cm³/mol. The highest BCUT2D eigenvalue weighted by Crippen LogP contribution is 2.67. The molecule has 5 aliphatic rings. The van der Waals surface area contributed by atoms with Gasteiger partial charge in [-0.3, -0.25) is 4.79 Å². The van der Waals surface area contributed by atoms with Crippen LogP contribution in [0.15, 0.2) is 72.4 Å². The summed E-state index contributed by atoms with van der Waals surface area (Å²) in [5, 5.41) is 32.5. The molecule has 0 aromatic heterocycles. The van der Waals surface area contributed by atoms with Gasteiger partial charge in [0.05, 0.1) is 6.10 Å². The summed E-state index contributed by atoms with van der Waals surface area (Å²) >= 11 is 0. The van der Waals surface area contributed by atoms with E-state index in [-0.39, 0.29) is 24.1 Å². The summed E-state index contributed by atoms with van der Waals surface area (Å²) in [4.78, 5) is 12.6. The topological polar surface area (TPSA) is 105 Å². The Morgan fingerprint density at radius 3 is 2.20 bits per heavy atom.